The maximum atomic E-state index is 4.09. The van der Waals surface area contributed by atoms with Crippen molar-refractivity contribution in [3.63, 3.8) is 0 Å². The van der Waals surface area contributed by atoms with Gasteiger partial charge in [-0.25, -0.2) is 0 Å². The maximum absolute atomic E-state index is 4.09. The number of nitrogens with zero attached hydrogens (tertiary/aromatic N) is 1. The Balaban J connectivity index is 2.74. The molecule has 0 spiro atoms. The van der Waals surface area contributed by atoms with Crippen molar-refractivity contribution in [2.75, 3.05) is 12.4 Å². The summed E-state index contributed by atoms with van der Waals surface area (Å²) in [5.41, 5.74) is 1.97. The molecular formula is C11H14N2. The summed E-state index contributed by atoms with van der Waals surface area (Å²) in [6, 6.07) is 9.93. The van der Waals surface area contributed by atoms with Crippen molar-refractivity contribution < 1.29 is 0 Å². The lowest BCUT2D eigenvalue weighted by molar-refractivity contribution is 1.39. The second-order valence-corrected chi connectivity index (χ2v) is 2.84. The zero-order valence-corrected chi connectivity index (χ0v) is 8.04. The lowest BCUT2D eigenvalue weighted by atomic mass is 10.2. The highest BCUT2D eigenvalue weighted by atomic mass is 15.0. The molecule has 13 heavy (non-hydrogen) atoms. The highest BCUT2D eigenvalue weighted by molar-refractivity contribution is 6.06. The molecule has 0 bridgehead atoms. The van der Waals surface area contributed by atoms with E-state index >= 15 is 0 Å². The van der Waals surface area contributed by atoms with Crippen LogP contribution in [0.3, 0.4) is 0 Å². The van der Waals surface area contributed by atoms with Crippen LogP contribution in [0.5, 0.6) is 0 Å². The Kier molecular flexibility index (Phi) is 3.26. The van der Waals surface area contributed by atoms with Gasteiger partial charge in [-0.3, -0.25) is 4.99 Å². The molecule has 1 N–H and O–H groups in total. The van der Waals surface area contributed by atoms with Gasteiger partial charge < -0.3 is 5.32 Å². The fraction of sp³-hybridized carbons (Fsp3) is 0.182. The van der Waals surface area contributed by atoms with Crippen LogP contribution >= 0.6 is 0 Å². The molecule has 0 aliphatic heterocycles. The first kappa shape index (κ1) is 9.52. The first-order valence-electron chi connectivity index (χ1n) is 4.19. The summed E-state index contributed by atoms with van der Waals surface area (Å²) in [4.78, 5) is 4.09. The average Bonchev–Trinajstić information content (AvgIpc) is 2.15. The van der Waals surface area contributed by atoms with E-state index in [1.165, 1.54) is 0 Å². The smallest absolute Gasteiger partial charge is 0.127 e. The molecule has 68 valence electrons. The van der Waals surface area contributed by atoms with Crippen LogP contribution in [0.1, 0.15) is 6.92 Å². The Labute approximate surface area is 79.0 Å². The van der Waals surface area contributed by atoms with Gasteiger partial charge >= 0.3 is 0 Å². The van der Waals surface area contributed by atoms with E-state index in [1.807, 2.05) is 37.3 Å². The number of benzene rings is 1. The number of rotatable bonds is 2. The minimum absolute atomic E-state index is 0.825. The van der Waals surface area contributed by atoms with Crippen molar-refractivity contribution in [2.24, 2.45) is 4.99 Å². The molecular weight excluding hydrogens is 160 g/mol. The predicted molar refractivity (Wildman–Crippen MR) is 58.2 cm³/mol. The minimum Gasteiger partial charge on any atom is -0.340 e. The molecule has 1 rings (SSSR count). The summed E-state index contributed by atoms with van der Waals surface area (Å²) in [5.74, 6) is 0.825. The van der Waals surface area contributed by atoms with Crippen molar-refractivity contribution in [3.8, 4) is 0 Å². The first-order valence-corrected chi connectivity index (χ1v) is 4.19. The van der Waals surface area contributed by atoms with Crippen LogP contribution in [0.4, 0.5) is 5.69 Å². The third-order valence-electron chi connectivity index (χ3n) is 1.66. The third-order valence-corrected chi connectivity index (χ3v) is 1.66. The van der Waals surface area contributed by atoms with Crippen LogP contribution in [0.2, 0.25) is 0 Å². The van der Waals surface area contributed by atoms with Gasteiger partial charge in [0.25, 0.3) is 0 Å². The molecule has 0 heterocycles. The lowest BCUT2D eigenvalue weighted by Crippen LogP contribution is -2.12. The SMILES string of the molecule is C=C(C)C(=NC)Nc1ccccc1. The maximum Gasteiger partial charge on any atom is 0.127 e. The van der Waals surface area contributed by atoms with E-state index in [-0.39, 0.29) is 0 Å². The standard InChI is InChI=1S/C11H14N2/c1-9(2)11(12-3)13-10-7-5-4-6-8-10/h4-8H,1H2,2-3H3,(H,12,13). The van der Waals surface area contributed by atoms with Crippen molar-refractivity contribution in [2.45, 2.75) is 6.92 Å². The van der Waals surface area contributed by atoms with E-state index in [2.05, 4.69) is 16.9 Å². The molecule has 2 heteroatoms. The summed E-state index contributed by atoms with van der Waals surface area (Å²) < 4.78 is 0. The molecule has 0 unspecified atom stereocenters. The zero-order valence-electron chi connectivity index (χ0n) is 8.04. The molecule has 0 fully saturated rings. The quantitative estimate of drug-likeness (QED) is 0.541. The van der Waals surface area contributed by atoms with Crippen LogP contribution in [0.25, 0.3) is 0 Å². The molecule has 1 aromatic rings. The highest BCUT2D eigenvalue weighted by Crippen LogP contribution is 2.06. The van der Waals surface area contributed by atoms with E-state index < -0.39 is 0 Å². The van der Waals surface area contributed by atoms with Crippen molar-refractivity contribution in [3.05, 3.63) is 42.5 Å². The van der Waals surface area contributed by atoms with Gasteiger partial charge in [-0.2, -0.15) is 0 Å². The molecule has 2 nitrogen and oxygen atoms in total. The van der Waals surface area contributed by atoms with Crippen molar-refractivity contribution in [1.82, 2.24) is 0 Å². The largest absolute Gasteiger partial charge is 0.340 e. The number of nitrogens with one attached hydrogen (secondary N) is 1. The van der Waals surface area contributed by atoms with Crippen LogP contribution in [-0.2, 0) is 0 Å². The van der Waals surface area contributed by atoms with Gasteiger partial charge in [0, 0.05) is 12.7 Å². The van der Waals surface area contributed by atoms with Gasteiger partial charge in [-0.15, -0.1) is 0 Å². The summed E-state index contributed by atoms with van der Waals surface area (Å²) >= 11 is 0. The van der Waals surface area contributed by atoms with Crippen molar-refractivity contribution in [1.29, 1.82) is 0 Å². The van der Waals surface area contributed by atoms with Crippen LogP contribution in [0.15, 0.2) is 47.5 Å². The number of aliphatic imine (C=N–C) groups is 1. The van der Waals surface area contributed by atoms with E-state index in [0.29, 0.717) is 0 Å². The van der Waals surface area contributed by atoms with Crippen LogP contribution < -0.4 is 5.32 Å². The Morgan fingerprint density at radius 1 is 1.31 bits per heavy atom. The van der Waals surface area contributed by atoms with E-state index in [0.717, 1.165) is 17.1 Å². The second-order valence-electron chi connectivity index (χ2n) is 2.84. The number of anilines is 1. The molecule has 0 radical (unpaired) electrons. The molecule has 0 amide bonds. The van der Waals surface area contributed by atoms with Gasteiger partial charge in [0.1, 0.15) is 5.84 Å². The van der Waals surface area contributed by atoms with E-state index in [4.69, 9.17) is 0 Å². The second kappa shape index (κ2) is 4.45. The Morgan fingerprint density at radius 3 is 2.38 bits per heavy atom. The molecule has 0 atom stereocenters. The minimum atomic E-state index is 0.825. The molecule has 0 saturated carbocycles. The van der Waals surface area contributed by atoms with Gasteiger partial charge in [0.2, 0.25) is 0 Å². The summed E-state index contributed by atoms with van der Waals surface area (Å²) in [5, 5.41) is 3.18. The predicted octanol–water partition coefficient (Wildman–Crippen LogP) is 2.70. The molecule has 1 aromatic carbocycles. The Bertz CT molecular complexity index is 312. The molecule has 0 aromatic heterocycles. The Morgan fingerprint density at radius 2 is 1.92 bits per heavy atom. The van der Waals surface area contributed by atoms with Gasteiger partial charge in [0.05, 0.1) is 0 Å². The number of amidine groups is 1. The zero-order chi connectivity index (χ0) is 9.68. The first-order chi connectivity index (χ1) is 6.24. The average molecular weight is 174 g/mol. The van der Waals surface area contributed by atoms with Crippen LogP contribution in [-0.4, -0.2) is 12.9 Å². The Hall–Kier alpha value is -1.57. The van der Waals surface area contributed by atoms with Crippen LogP contribution in [0, 0.1) is 0 Å². The van der Waals surface area contributed by atoms with E-state index in [1.54, 1.807) is 7.05 Å². The summed E-state index contributed by atoms with van der Waals surface area (Å²) in [6.45, 7) is 5.76. The normalized spacial score (nSPS) is 11.1. The van der Waals surface area contributed by atoms with Gasteiger partial charge in [-0.05, 0) is 24.6 Å². The van der Waals surface area contributed by atoms with Crippen molar-refractivity contribution >= 4 is 11.5 Å². The molecule has 0 saturated heterocycles. The number of hydrogen-bond donors (Lipinski definition) is 1. The van der Waals surface area contributed by atoms with E-state index in [9.17, 15) is 0 Å². The monoisotopic (exact) mass is 174 g/mol. The summed E-state index contributed by atoms with van der Waals surface area (Å²) in [7, 11) is 1.75. The topological polar surface area (TPSA) is 24.4 Å². The summed E-state index contributed by atoms with van der Waals surface area (Å²) in [6.07, 6.45) is 0. The highest BCUT2D eigenvalue weighted by Gasteiger charge is 1.97. The fourth-order valence-electron chi connectivity index (χ4n) is 1.01. The molecule has 0 aliphatic rings. The number of hydrogen-bond acceptors (Lipinski definition) is 1. The fourth-order valence-corrected chi connectivity index (χ4v) is 1.01. The van der Waals surface area contributed by atoms with Gasteiger partial charge in [0.15, 0.2) is 0 Å². The third kappa shape index (κ3) is 2.75. The number of para-hydroxylation sites is 1. The lowest BCUT2D eigenvalue weighted by Gasteiger charge is -2.07. The molecule has 0 aliphatic carbocycles. The van der Waals surface area contributed by atoms with Gasteiger partial charge in [-0.1, -0.05) is 24.8 Å².